The predicted molar refractivity (Wildman–Crippen MR) is 94.4 cm³/mol. The van der Waals surface area contributed by atoms with Gasteiger partial charge in [0.2, 0.25) is 0 Å². The van der Waals surface area contributed by atoms with Gasteiger partial charge in [-0.15, -0.1) is 0 Å². The summed E-state index contributed by atoms with van der Waals surface area (Å²) in [6.45, 7) is 6.96. The van der Waals surface area contributed by atoms with E-state index in [0.29, 0.717) is 0 Å². The topological polar surface area (TPSA) is 0 Å². The third kappa shape index (κ3) is 3.62. The Hall–Kier alpha value is -0.840. The van der Waals surface area contributed by atoms with Gasteiger partial charge in [-0.1, -0.05) is 49.8 Å². The van der Waals surface area contributed by atoms with Crippen LogP contribution >= 0.6 is 17.9 Å². The minimum Gasteiger partial charge on any atom is -0.0749 e. The third-order valence-corrected chi connectivity index (χ3v) is 7.47. The maximum absolute atomic E-state index is 6.99. The van der Waals surface area contributed by atoms with Gasteiger partial charge in [0.25, 0.3) is 0 Å². The van der Waals surface area contributed by atoms with Gasteiger partial charge in [0.05, 0.1) is 17.9 Å². The fourth-order valence-electron chi connectivity index (χ4n) is 2.26. The van der Waals surface area contributed by atoms with Crippen LogP contribution in [0.1, 0.15) is 27.2 Å². The average Bonchev–Trinajstić information content (AvgIpc) is 2.67. The molecule has 0 aromatic rings. The smallest absolute Gasteiger partial charge is 0.0749 e. The van der Waals surface area contributed by atoms with Crippen molar-refractivity contribution in [3.8, 4) is 0 Å². The van der Waals surface area contributed by atoms with Crippen molar-refractivity contribution < 1.29 is 0 Å². The number of allylic oxidation sites excluding steroid dienone is 12. The lowest BCUT2D eigenvalue weighted by Crippen LogP contribution is -2.00. The molecule has 106 valence electrons. The fourth-order valence-corrected chi connectivity index (χ4v) is 4.79. The zero-order valence-electron chi connectivity index (χ0n) is 12.7. The Kier molecular flexibility index (Phi) is 4.57. The summed E-state index contributed by atoms with van der Waals surface area (Å²) < 4.78 is 0. The van der Waals surface area contributed by atoms with Gasteiger partial charge in [0, 0.05) is 5.41 Å². The summed E-state index contributed by atoms with van der Waals surface area (Å²) in [4.78, 5) is 0. The van der Waals surface area contributed by atoms with Gasteiger partial charge in [-0.2, -0.15) is 0 Å². The van der Waals surface area contributed by atoms with Gasteiger partial charge < -0.3 is 0 Å². The molecule has 0 bridgehead atoms. The monoisotopic (exact) mass is 305 g/mol. The molecule has 2 aliphatic carbocycles. The van der Waals surface area contributed by atoms with Crippen molar-refractivity contribution in [2.24, 2.45) is 5.41 Å². The van der Waals surface area contributed by atoms with Gasteiger partial charge in [0.1, 0.15) is 10.6 Å². The second-order valence-corrected chi connectivity index (χ2v) is 11.1. The normalized spacial score (nSPS) is 24.1. The Morgan fingerprint density at radius 1 is 1.05 bits per heavy atom. The van der Waals surface area contributed by atoms with E-state index in [2.05, 4.69) is 82.1 Å². The van der Waals surface area contributed by atoms with Crippen molar-refractivity contribution in [3.05, 3.63) is 70.9 Å². The summed E-state index contributed by atoms with van der Waals surface area (Å²) in [5.74, 6) is 0. The minimum absolute atomic E-state index is 0.0982. The van der Waals surface area contributed by atoms with Crippen molar-refractivity contribution >= 4 is 17.9 Å². The van der Waals surface area contributed by atoms with Gasteiger partial charge in [0.15, 0.2) is 6.62 Å². The molecule has 2 aliphatic rings. The molecule has 0 fully saturated rings. The van der Waals surface area contributed by atoms with Crippen LogP contribution < -0.4 is 0 Å². The molecule has 0 amide bonds. The second kappa shape index (κ2) is 5.88. The van der Waals surface area contributed by atoms with E-state index < -0.39 is 6.62 Å². The van der Waals surface area contributed by atoms with Gasteiger partial charge >= 0.3 is 0 Å². The fraction of sp³-hybridized carbons (Fsp3) is 0.333. The van der Waals surface area contributed by atoms with Crippen molar-refractivity contribution in [2.45, 2.75) is 27.2 Å². The largest absolute Gasteiger partial charge is 0.174 e. The van der Waals surface area contributed by atoms with E-state index >= 15 is 0 Å². The minimum atomic E-state index is -1.80. The van der Waals surface area contributed by atoms with Crippen LogP contribution in [0.2, 0.25) is 0 Å². The molecule has 0 aromatic carbocycles. The Bertz CT molecular complexity index is 566. The summed E-state index contributed by atoms with van der Waals surface area (Å²) in [6, 6.07) is 0. The Morgan fingerprint density at radius 2 is 1.80 bits per heavy atom. The number of hydrogen-bond acceptors (Lipinski definition) is 0. The van der Waals surface area contributed by atoms with Gasteiger partial charge in [-0.05, 0) is 37.6 Å². The van der Waals surface area contributed by atoms with E-state index in [1.807, 2.05) is 0 Å². The lowest BCUT2D eigenvalue weighted by Gasteiger charge is -2.16. The van der Waals surface area contributed by atoms with Crippen LogP contribution in [0.4, 0.5) is 0 Å². The summed E-state index contributed by atoms with van der Waals surface area (Å²) in [5, 5.41) is 2.52. The van der Waals surface area contributed by atoms with Crippen LogP contribution in [0.25, 0.3) is 0 Å². The first-order chi connectivity index (χ1) is 9.31. The molecule has 0 heterocycles. The van der Waals surface area contributed by atoms with Gasteiger partial charge in [-0.25, -0.2) is 0 Å². The Morgan fingerprint density at radius 3 is 2.55 bits per heavy atom. The highest BCUT2D eigenvalue weighted by atomic mass is 35.7. The number of halogens is 1. The molecule has 0 N–H and O–H groups in total. The molecule has 0 nitrogen and oxygen atoms in total. The van der Waals surface area contributed by atoms with Crippen LogP contribution in [-0.2, 0) is 0 Å². The van der Waals surface area contributed by atoms with E-state index in [4.69, 9.17) is 11.2 Å². The molecular formula is C18H23ClP+. The molecule has 20 heavy (non-hydrogen) atoms. The first-order valence-corrected chi connectivity index (χ1v) is 10.2. The zero-order chi connectivity index (χ0) is 14.8. The van der Waals surface area contributed by atoms with Crippen LogP contribution in [0.15, 0.2) is 70.9 Å². The molecule has 2 rings (SSSR count). The number of rotatable bonds is 2. The molecule has 0 aliphatic heterocycles. The summed E-state index contributed by atoms with van der Waals surface area (Å²) in [7, 11) is 0. The maximum atomic E-state index is 6.99. The highest BCUT2D eigenvalue weighted by molar-refractivity contribution is 8.04. The number of hydrogen-bond donors (Lipinski definition) is 0. The van der Waals surface area contributed by atoms with Crippen molar-refractivity contribution in [2.75, 3.05) is 6.66 Å². The van der Waals surface area contributed by atoms with E-state index in [1.165, 1.54) is 16.2 Å². The van der Waals surface area contributed by atoms with E-state index in [-0.39, 0.29) is 5.41 Å². The Balaban J connectivity index is 2.32. The highest BCUT2D eigenvalue weighted by Gasteiger charge is 2.38. The molecule has 0 radical (unpaired) electrons. The van der Waals surface area contributed by atoms with Crippen LogP contribution in [0.5, 0.6) is 0 Å². The van der Waals surface area contributed by atoms with Crippen molar-refractivity contribution in [3.63, 3.8) is 0 Å². The summed E-state index contributed by atoms with van der Waals surface area (Å²) >= 11 is 6.99. The van der Waals surface area contributed by atoms with Crippen LogP contribution in [-0.4, -0.2) is 6.66 Å². The first-order valence-electron chi connectivity index (χ1n) is 7.01. The summed E-state index contributed by atoms with van der Waals surface area (Å²) in [6.07, 6.45) is 20.7. The van der Waals surface area contributed by atoms with Gasteiger partial charge in [-0.3, -0.25) is 0 Å². The zero-order valence-corrected chi connectivity index (χ0v) is 14.4. The summed E-state index contributed by atoms with van der Waals surface area (Å²) in [5.41, 5.74) is 1.47. The van der Waals surface area contributed by atoms with E-state index in [9.17, 15) is 0 Å². The molecule has 0 spiro atoms. The molecule has 0 saturated heterocycles. The van der Waals surface area contributed by atoms with Crippen LogP contribution in [0, 0.1) is 5.41 Å². The third-order valence-electron chi connectivity index (χ3n) is 3.73. The molecule has 1 atom stereocenters. The highest BCUT2D eigenvalue weighted by Crippen LogP contribution is 2.74. The standard InChI is InChI=1S/C18H23ClP/c1-15-7-5-8-16(11-10-15)20(4,19)17-9-6-13-18(2,3)14-12-17/h5-9,11-14H,10H2,1-4H3/q+1. The van der Waals surface area contributed by atoms with Crippen molar-refractivity contribution in [1.82, 2.24) is 0 Å². The molecular weight excluding hydrogens is 283 g/mol. The Labute approximate surface area is 128 Å². The van der Waals surface area contributed by atoms with Crippen molar-refractivity contribution in [1.29, 1.82) is 0 Å². The predicted octanol–water partition coefficient (Wildman–Crippen LogP) is 6.61. The SMILES string of the molecule is CC1=CC=CC([P+](C)(Cl)C2=CC=CC(C)(C)C=C2)=CC1. The molecule has 1 unspecified atom stereocenters. The molecule has 0 saturated carbocycles. The van der Waals surface area contributed by atoms with E-state index in [0.717, 1.165) is 6.42 Å². The second-order valence-electron chi connectivity index (χ2n) is 6.21. The lowest BCUT2D eigenvalue weighted by molar-refractivity contribution is 0.627. The molecule has 2 heteroatoms. The van der Waals surface area contributed by atoms with Crippen LogP contribution in [0.3, 0.4) is 0 Å². The van der Waals surface area contributed by atoms with E-state index in [1.54, 1.807) is 0 Å². The maximum Gasteiger partial charge on any atom is 0.174 e. The lowest BCUT2D eigenvalue weighted by atomic mass is 9.93. The quantitative estimate of drug-likeness (QED) is 0.503. The molecule has 0 aromatic heterocycles. The average molecular weight is 306 g/mol. The first kappa shape index (κ1) is 15.5.